The Bertz CT molecular complexity index is 675. The minimum absolute atomic E-state index is 0.111. The Morgan fingerprint density at radius 3 is 2.64 bits per heavy atom. The van der Waals surface area contributed by atoms with Gasteiger partial charge in [-0.3, -0.25) is 4.79 Å². The van der Waals surface area contributed by atoms with Gasteiger partial charge in [0, 0.05) is 30.4 Å². The van der Waals surface area contributed by atoms with Crippen LogP contribution in [0.2, 0.25) is 0 Å². The number of rotatable bonds is 6. The van der Waals surface area contributed by atoms with Crippen molar-refractivity contribution in [2.45, 2.75) is 42.7 Å². The fourth-order valence-corrected chi connectivity index (χ4v) is 6.43. The third kappa shape index (κ3) is 4.81. The predicted molar refractivity (Wildman–Crippen MR) is 99.2 cm³/mol. The van der Waals surface area contributed by atoms with Gasteiger partial charge in [0.25, 0.3) is 10.0 Å². The van der Waals surface area contributed by atoms with Crippen molar-refractivity contribution in [2.75, 3.05) is 32.7 Å². The summed E-state index contributed by atoms with van der Waals surface area (Å²) < 4.78 is 27.3. The second kappa shape index (κ2) is 8.62. The lowest BCUT2D eigenvalue weighted by Crippen LogP contribution is -2.38. The molecule has 0 unspecified atom stereocenters. The third-order valence-corrected chi connectivity index (χ3v) is 8.44. The molecule has 8 heteroatoms. The van der Waals surface area contributed by atoms with Gasteiger partial charge in [-0.25, -0.2) is 8.42 Å². The van der Waals surface area contributed by atoms with Crippen molar-refractivity contribution in [2.24, 2.45) is 5.92 Å². The molecule has 0 radical (unpaired) electrons. The molecule has 1 amide bonds. The highest BCUT2D eigenvalue weighted by atomic mass is 32.2. The number of nitrogens with zero attached hydrogens (tertiary/aromatic N) is 1. The Balaban J connectivity index is 1.50. The molecule has 0 saturated carbocycles. The normalized spacial score (nSPS) is 20.5. The van der Waals surface area contributed by atoms with Gasteiger partial charge in [-0.2, -0.15) is 4.31 Å². The van der Waals surface area contributed by atoms with Gasteiger partial charge in [-0.05, 0) is 57.3 Å². The first kappa shape index (κ1) is 18.8. The zero-order valence-electron chi connectivity index (χ0n) is 14.5. The molecule has 140 valence electrons. The van der Waals surface area contributed by atoms with E-state index in [1.165, 1.54) is 11.3 Å². The minimum Gasteiger partial charge on any atom is -0.355 e. The van der Waals surface area contributed by atoms with Crippen LogP contribution in [-0.2, 0) is 21.2 Å². The van der Waals surface area contributed by atoms with Crippen LogP contribution >= 0.6 is 11.3 Å². The van der Waals surface area contributed by atoms with Crippen molar-refractivity contribution in [1.29, 1.82) is 0 Å². The average molecular weight is 386 g/mol. The maximum absolute atomic E-state index is 12.6. The van der Waals surface area contributed by atoms with Crippen molar-refractivity contribution >= 4 is 27.3 Å². The van der Waals surface area contributed by atoms with Crippen molar-refractivity contribution in [3.63, 3.8) is 0 Å². The Kier molecular flexibility index (Phi) is 6.49. The molecular formula is C17H27N3O3S2. The first-order valence-electron chi connectivity index (χ1n) is 9.14. The maximum atomic E-state index is 12.6. The Morgan fingerprint density at radius 1 is 1.20 bits per heavy atom. The highest BCUT2D eigenvalue weighted by Gasteiger charge is 2.27. The Morgan fingerprint density at radius 2 is 1.92 bits per heavy atom. The van der Waals surface area contributed by atoms with Crippen molar-refractivity contribution < 1.29 is 13.2 Å². The smallest absolute Gasteiger partial charge is 0.252 e. The largest absolute Gasteiger partial charge is 0.355 e. The Hall–Kier alpha value is -0.960. The molecule has 0 spiro atoms. The average Bonchev–Trinajstić information content (AvgIpc) is 3.13. The molecule has 2 saturated heterocycles. The van der Waals surface area contributed by atoms with Crippen molar-refractivity contribution in [3.05, 3.63) is 17.0 Å². The number of piperidine rings is 2. The molecule has 0 aromatic carbocycles. The van der Waals surface area contributed by atoms with Gasteiger partial charge in [0.15, 0.2) is 0 Å². The molecule has 2 fully saturated rings. The number of amides is 1. The molecular weight excluding hydrogens is 358 g/mol. The zero-order chi connectivity index (χ0) is 17.7. The van der Waals surface area contributed by atoms with E-state index < -0.39 is 10.0 Å². The van der Waals surface area contributed by atoms with Crippen molar-refractivity contribution in [3.8, 4) is 0 Å². The van der Waals surface area contributed by atoms with Gasteiger partial charge in [-0.1, -0.05) is 6.42 Å². The predicted octanol–water partition coefficient (Wildman–Crippen LogP) is 1.58. The van der Waals surface area contributed by atoms with Crippen LogP contribution in [0.15, 0.2) is 16.3 Å². The number of sulfonamides is 1. The topological polar surface area (TPSA) is 78.5 Å². The fourth-order valence-electron chi connectivity index (χ4n) is 3.40. The summed E-state index contributed by atoms with van der Waals surface area (Å²) >= 11 is 1.33. The monoisotopic (exact) mass is 385 g/mol. The third-order valence-electron chi connectivity index (χ3n) is 4.93. The van der Waals surface area contributed by atoms with Crippen LogP contribution in [-0.4, -0.2) is 51.4 Å². The lowest BCUT2D eigenvalue weighted by molar-refractivity contribution is -0.125. The lowest BCUT2D eigenvalue weighted by Gasteiger charge is -2.25. The molecule has 2 N–H and O–H groups in total. The van der Waals surface area contributed by atoms with Gasteiger partial charge >= 0.3 is 0 Å². The van der Waals surface area contributed by atoms with E-state index in [-0.39, 0.29) is 11.8 Å². The maximum Gasteiger partial charge on any atom is 0.252 e. The van der Waals surface area contributed by atoms with Gasteiger partial charge in [0.2, 0.25) is 5.91 Å². The second-order valence-corrected chi connectivity index (χ2v) is 10.1. The number of nitrogens with one attached hydrogen (secondary N) is 2. The summed E-state index contributed by atoms with van der Waals surface area (Å²) in [7, 11) is -3.34. The van der Waals surface area contributed by atoms with Gasteiger partial charge in [0.05, 0.1) is 0 Å². The number of carbonyl (C=O) groups excluding carboxylic acids is 1. The van der Waals surface area contributed by atoms with Crippen LogP contribution in [0.3, 0.4) is 0 Å². The SMILES string of the molecule is O=C(NCCc1ccc(S(=O)(=O)N2CCCCC2)s1)C1CCNCC1. The standard InChI is InChI=1S/C17H27N3O3S2/c21-17(14-6-9-18-10-7-14)19-11-8-15-4-5-16(24-15)25(22,23)20-12-2-1-3-13-20/h4-5,14,18H,1-3,6-13H2,(H,19,21). The fraction of sp³-hybridized carbons (Fsp3) is 0.706. The van der Waals surface area contributed by atoms with Gasteiger partial charge < -0.3 is 10.6 Å². The molecule has 25 heavy (non-hydrogen) atoms. The number of hydrogen-bond acceptors (Lipinski definition) is 5. The van der Waals surface area contributed by atoms with Crippen LogP contribution in [0.25, 0.3) is 0 Å². The van der Waals surface area contributed by atoms with Crippen LogP contribution in [0.4, 0.5) is 0 Å². The first-order chi connectivity index (χ1) is 12.1. The minimum atomic E-state index is -3.34. The van der Waals surface area contributed by atoms with Crippen molar-refractivity contribution in [1.82, 2.24) is 14.9 Å². The molecule has 2 aliphatic rings. The number of carbonyl (C=O) groups is 1. The Labute approximate surface area is 154 Å². The van der Waals surface area contributed by atoms with Crippen LogP contribution in [0.5, 0.6) is 0 Å². The lowest BCUT2D eigenvalue weighted by atomic mass is 9.97. The molecule has 2 aliphatic heterocycles. The van der Waals surface area contributed by atoms with E-state index in [0.717, 1.165) is 50.1 Å². The number of hydrogen-bond donors (Lipinski definition) is 2. The highest BCUT2D eigenvalue weighted by molar-refractivity contribution is 7.91. The summed E-state index contributed by atoms with van der Waals surface area (Å²) in [5.41, 5.74) is 0. The van der Waals surface area contributed by atoms with E-state index >= 15 is 0 Å². The molecule has 0 bridgehead atoms. The first-order valence-corrected chi connectivity index (χ1v) is 11.4. The van der Waals surface area contributed by atoms with Gasteiger partial charge in [0.1, 0.15) is 4.21 Å². The second-order valence-electron chi connectivity index (χ2n) is 6.75. The summed E-state index contributed by atoms with van der Waals surface area (Å²) in [5, 5.41) is 6.25. The molecule has 3 rings (SSSR count). The molecule has 1 aromatic heterocycles. The summed E-state index contributed by atoms with van der Waals surface area (Å²) in [6.45, 7) is 3.62. The zero-order valence-corrected chi connectivity index (χ0v) is 16.1. The molecule has 3 heterocycles. The van der Waals surface area contributed by atoms with E-state index in [0.29, 0.717) is 30.3 Å². The summed E-state index contributed by atoms with van der Waals surface area (Å²) in [5.74, 6) is 0.235. The molecule has 1 aromatic rings. The van der Waals surface area contributed by atoms with E-state index in [1.54, 1.807) is 10.4 Å². The summed E-state index contributed by atoms with van der Waals surface area (Å²) in [6, 6.07) is 3.58. The van der Waals surface area contributed by atoms with E-state index in [1.807, 2.05) is 6.07 Å². The van der Waals surface area contributed by atoms with E-state index in [2.05, 4.69) is 10.6 Å². The van der Waals surface area contributed by atoms with Crippen LogP contribution in [0, 0.1) is 5.92 Å². The number of thiophene rings is 1. The quantitative estimate of drug-likeness (QED) is 0.779. The van der Waals surface area contributed by atoms with Crippen LogP contribution in [0.1, 0.15) is 37.0 Å². The van der Waals surface area contributed by atoms with Gasteiger partial charge in [-0.15, -0.1) is 11.3 Å². The van der Waals surface area contributed by atoms with E-state index in [9.17, 15) is 13.2 Å². The van der Waals surface area contributed by atoms with Crippen LogP contribution < -0.4 is 10.6 Å². The molecule has 0 aliphatic carbocycles. The highest BCUT2D eigenvalue weighted by Crippen LogP contribution is 2.27. The molecule has 0 atom stereocenters. The molecule has 6 nitrogen and oxygen atoms in total. The van der Waals surface area contributed by atoms with E-state index in [4.69, 9.17) is 0 Å². The summed E-state index contributed by atoms with van der Waals surface area (Å²) in [4.78, 5) is 13.1. The summed E-state index contributed by atoms with van der Waals surface area (Å²) in [6.07, 6.45) is 5.46.